The minimum absolute atomic E-state index is 0.0322. The van der Waals surface area contributed by atoms with Gasteiger partial charge in [0.25, 0.3) is 22.6 Å². The van der Waals surface area contributed by atoms with Gasteiger partial charge in [-0.05, 0) is 70.0 Å². The van der Waals surface area contributed by atoms with E-state index < -0.39 is 39.7 Å². The van der Waals surface area contributed by atoms with Gasteiger partial charge in [-0.3, -0.25) is 9.59 Å². The molecule has 0 rings (SSSR count). The van der Waals surface area contributed by atoms with Crippen LogP contribution in [0.5, 0.6) is 0 Å². The van der Waals surface area contributed by atoms with Gasteiger partial charge in [0, 0.05) is 25.9 Å². The molecular weight excluding hydrogens is 575 g/mol. The molecule has 0 amide bonds. The molecule has 0 saturated heterocycles. The van der Waals surface area contributed by atoms with Crippen LogP contribution in [0.4, 0.5) is 0 Å². The molecule has 0 heterocycles. The maximum absolute atomic E-state index is 14.0. The number of hydrogen-bond donors (Lipinski definition) is 0. The normalized spacial score (nSPS) is 13.9. The third-order valence-corrected chi connectivity index (χ3v) is 22.8. The molecule has 0 aliphatic carbocycles. The van der Waals surface area contributed by atoms with Crippen LogP contribution in [0, 0.1) is 0 Å². The van der Waals surface area contributed by atoms with Crippen molar-refractivity contribution in [2.75, 3.05) is 26.4 Å². The summed E-state index contributed by atoms with van der Waals surface area (Å²) in [7, 11) is -9.27. The summed E-state index contributed by atoms with van der Waals surface area (Å²) in [5.74, 6) is -0.517. The van der Waals surface area contributed by atoms with E-state index in [0.717, 1.165) is 42.7 Å². The summed E-state index contributed by atoms with van der Waals surface area (Å²) in [5, 5.41) is 0. The lowest BCUT2D eigenvalue weighted by Gasteiger charge is -2.41. The maximum atomic E-state index is 14.0. The van der Waals surface area contributed by atoms with Gasteiger partial charge in [-0.2, -0.15) is 0 Å². The molecule has 0 bridgehead atoms. The van der Waals surface area contributed by atoms with Crippen molar-refractivity contribution >= 4 is 45.6 Å². The van der Waals surface area contributed by atoms with Gasteiger partial charge >= 0.3 is 14.8 Å². The Labute approximate surface area is 250 Å². The van der Waals surface area contributed by atoms with E-state index in [9.17, 15) is 9.59 Å². The first-order valence-electron chi connectivity index (χ1n) is 15.9. The Morgan fingerprint density at radius 2 is 1.05 bits per heavy atom. The average molecular weight is 638 g/mol. The molecule has 40 heavy (non-hydrogen) atoms. The van der Waals surface area contributed by atoms with Crippen molar-refractivity contribution in [1.29, 1.82) is 0 Å². The summed E-state index contributed by atoms with van der Waals surface area (Å²) in [6.07, 6.45) is 0.773. The van der Waals surface area contributed by atoms with Gasteiger partial charge in [0.2, 0.25) is 0 Å². The fraction of sp³-hybridized carbons (Fsp3) is 0.929. The highest BCUT2D eigenvalue weighted by Crippen LogP contribution is 2.28. The summed E-state index contributed by atoms with van der Waals surface area (Å²) in [6, 6.07) is 5.27. The van der Waals surface area contributed by atoms with Gasteiger partial charge in [0.15, 0.2) is 0 Å². The summed E-state index contributed by atoms with van der Waals surface area (Å²) in [4.78, 5) is 27.5. The molecule has 1 unspecified atom stereocenters. The molecule has 0 fully saturated rings. The third kappa shape index (κ3) is 12.1. The van der Waals surface area contributed by atoms with Crippen molar-refractivity contribution in [1.82, 2.24) is 4.57 Å². The van der Waals surface area contributed by atoms with Crippen molar-refractivity contribution in [3.63, 3.8) is 0 Å². The highest BCUT2D eigenvalue weighted by molar-refractivity contribution is 6.76. The Morgan fingerprint density at radius 1 is 0.650 bits per heavy atom. The predicted molar refractivity (Wildman–Crippen MR) is 175 cm³/mol. The lowest BCUT2D eigenvalue weighted by atomic mass is 10.2. The van der Waals surface area contributed by atoms with Crippen molar-refractivity contribution < 1.29 is 31.7 Å². The van der Waals surface area contributed by atoms with Crippen molar-refractivity contribution in [2.24, 2.45) is 0 Å². The van der Waals surface area contributed by atoms with Gasteiger partial charge < -0.3 is 26.7 Å². The molecule has 0 N–H and O–H groups in total. The number of hydrogen-bond acceptors (Lipinski definition) is 8. The second kappa shape index (κ2) is 19.0. The van der Waals surface area contributed by atoms with E-state index in [1.165, 1.54) is 0 Å². The van der Waals surface area contributed by atoms with Gasteiger partial charge in [-0.1, -0.05) is 61.2 Å². The van der Waals surface area contributed by atoms with E-state index in [1.54, 1.807) is 0 Å². The average Bonchev–Trinajstić information content (AvgIpc) is 2.91. The van der Waals surface area contributed by atoms with E-state index in [4.69, 9.17) is 22.1 Å². The zero-order chi connectivity index (χ0) is 31.0. The SMILES string of the molecule is CCO[Si](CCCN(C(CC(=O)O[Si](CC)(CC)CC)C(=O)O[Si](CC)(CC)CC)[Si](C)(C)C)(OCC)OCC. The molecule has 0 spiro atoms. The molecule has 0 aromatic rings. The largest absolute Gasteiger partial charge is 0.519 e. The molecule has 0 aromatic heterocycles. The van der Waals surface area contributed by atoms with Gasteiger partial charge in [0.05, 0.1) is 6.42 Å². The fourth-order valence-electron chi connectivity index (χ4n) is 5.40. The maximum Gasteiger partial charge on any atom is 0.500 e. The highest BCUT2D eigenvalue weighted by atomic mass is 28.4. The molecule has 238 valence electrons. The van der Waals surface area contributed by atoms with Gasteiger partial charge in [0.1, 0.15) is 14.3 Å². The van der Waals surface area contributed by atoms with Crippen molar-refractivity contribution in [2.45, 2.75) is 143 Å². The summed E-state index contributed by atoms with van der Waals surface area (Å²) in [6.45, 7) is 27.5. The molecule has 0 radical (unpaired) electrons. The minimum Gasteiger partial charge on any atom is -0.519 e. The van der Waals surface area contributed by atoms with Crippen LogP contribution in [0.3, 0.4) is 0 Å². The first-order chi connectivity index (χ1) is 18.8. The van der Waals surface area contributed by atoms with Crippen molar-refractivity contribution in [3.8, 4) is 0 Å². The topological polar surface area (TPSA) is 83.5 Å². The first kappa shape index (κ1) is 39.6. The second-order valence-electron chi connectivity index (χ2n) is 11.6. The smallest absolute Gasteiger partial charge is 0.500 e. The Kier molecular flexibility index (Phi) is 18.9. The predicted octanol–water partition coefficient (Wildman–Crippen LogP) is 7.42. The van der Waals surface area contributed by atoms with E-state index >= 15 is 0 Å². The number of rotatable bonds is 23. The molecule has 12 heteroatoms. The Bertz CT molecular complexity index is 694. The van der Waals surface area contributed by atoms with Crippen LogP contribution in [0.1, 0.15) is 75.2 Å². The Morgan fingerprint density at radius 3 is 1.40 bits per heavy atom. The Hall–Kier alpha value is -0.352. The van der Waals surface area contributed by atoms with E-state index in [1.807, 2.05) is 20.8 Å². The molecule has 0 aliphatic rings. The molecule has 0 aromatic carbocycles. The summed E-state index contributed by atoms with van der Waals surface area (Å²) >= 11 is 0. The second-order valence-corrected chi connectivity index (χ2v) is 28.6. The first-order valence-corrected chi connectivity index (χ1v) is 26.3. The van der Waals surface area contributed by atoms with Crippen LogP contribution < -0.4 is 0 Å². The zero-order valence-electron chi connectivity index (χ0n) is 28.1. The standard InChI is InChI=1S/C28H63NO7Si4/c1-13-32-40(33-14-2,34-15-3)24-22-23-29(37(10,11)12)26(28(31)36-39(19-7,20-8)21-9)25-27(30)35-38(16-4,17-5)18-6/h26H,13-25H2,1-12H3. The highest BCUT2D eigenvalue weighted by Gasteiger charge is 2.44. The third-order valence-electron chi connectivity index (χ3n) is 8.36. The van der Waals surface area contributed by atoms with Gasteiger partial charge in [-0.15, -0.1) is 0 Å². The summed E-state index contributed by atoms with van der Waals surface area (Å²) < 4.78 is 33.2. The molecular formula is C28H63NO7Si4. The molecule has 1 atom stereocenters. The number of carbonyl (C=O) groups excluding carboxylic acids is 2. The van der Waals surface area contributed by atoms with E-state index in [-0.39, 0.29) is 18.4 Å². The quantitative estimate of drug-likeness (QED) is 0.107. The van der Waals surface area contributed by atoms with Crippen LogP contribution in [0.2, 0.25) is 61.9 Å². The zero-order valence-corrected chi connectivity index (χ0v) is 32.1. The molecule has 0 saturated carbocycles. The van der Waals surface area contributed by atoms with E-state index in [2.05, 4.69) is 65.7 Å². The Balaban J connectivity index is 6.31. The fourth-order valence-corrected chi connectivity index (χ4v) is 15.0. The summed E-state index contributed by atoms with van der Waals surface area (Å²) in [5.41, 5.74) is 0. The van der Waals surface area contributed by atoms with Gasteiger partial charge in [-0.25, -0.2) is 0 Å². The minimum atomic E-state index is -2.82. The lowest BCUT2D eigenvalue weighted by molar-refractivity contribution is -0.146. The molecule has 0 aliphatic heterocycles. The molecule has 8 nitrogen and oxygen atoms in total. The monoisotopic (exact) mass is 637 g/mol. The van der Waals surface area contributed by atoms with Crippen LogP contribution in [0.15, 0.2) is 0 Å². The van der Waals surface area contributed by atoms with Crippen LogP contribution in [0.25, 0.3) is 0 Å². The van der Waals surface area contributed by atoms with Crippen molar-refractivity contribution in [3.05, 3.63) is 0 Å². The van der Waals surface area contributed by atoms with Crippen LogP contribution in [-0.2, 0) is 31.7 Å². The van der Waals surface area contributed by atoms with Crippen LogP contribution >= 0.6 is 0 Å². The van der Waals surface area contributed by atoms with Crippen LogP contribution in [-0.4, -0.2) is 82.6 Å². The number of carbonyl (C=O) groups is 2. The lowest BCUT2D eigenvalue weighted by Crippen LogP contribution is -2.58. The number of nitrogens with zero attached hydrogens (tertiary/aromatic N) is 1. The van der Waals surface area contributed by atoms with E-state index in [0.29, 0.717) is 32.4 Å².